The molecule has 0 saturated heterocycles. The van der Waals surface area contributed by atoms with Crippen LogP contribution in [0.1, 0.15) is 0 Å². The Bertz CT molecular complexity index is 1230. The van der Waals surface area contributed by atoms with Crippen molar-refractivity contribution in [3.8, 4) is 33.4 Å². The maximum atomic E-state index is 6.19. The van der Waals surface area contributed by atoms with Gasteiger partial charge in [0.2, 0.25) is 0 Å². The third-order valence-electron chi connectivity index (χ3n) is 5.33. The van der Waals surface area contributed by atoms with Crippen molar-refractivity contribution in [1.29, 1.82) is 0 Å². The molecule has 0 aromatic heterocycles. The van der Waals surface area contributed by atoms with Gasteiger partial charge >= 0.3 is 0 Å². The van der Waals surface area contributed by atoms with E-state index in [2.05, 4.69) is 103 Å². The van der Waals surface area contributed by atoms with E-state index in [1.54, 1.807) is 0 Å². The summed E-state index contributed by atoms with van der Waals surface area (Å²) in [7, 11) is 0. The van der Waals surface area contributed by atoms with E-state index in [0.717, 1.165) is 10.4 Å². The zero-order valence-corrected chi connectivity index (χ0v) is 16.6. The molecule has 0 atom stereocenters. The lowest BCUT2D eigenvalue weighted by molar-refractivity contribution is 1.57. The van der Waals surface area contributed by atoms with Gasteiger partial charge in [0.15, 0.2) is 0 Å². The van der Waals surface area contributed by atoms with Crippen LogP contribution in [0.25, 0.3) is 44.2 Å². The number of fused-ring (bicyclic) bond motifs is 1. The third kappa shape index (κ3) is 3.44. The monoisotopic (exact) mass is 390 g/mol. The number of benzene rings is 5. The van der Waals surface area contributed by atoms with Crippen LogP contribution in [0, 0.1) is 0 Å². The first-order valence-corrected chi connectivity index (χ1v) is 10.1. The zero-order valence-electron chi connectivity index (χ0n) is 15.8. The third-order valence-corrected chi connectivity index (χ3v) is 5.56. The second-order valence-corrected chi connectivity index (χ2v) is 7.60. The van der Waals surface area contributed by atoms with Gasteiger partial charge in [0.1, 0.15) is 0 Å². The van der Waals surface area contributed by atoms with Gasteiger partial charge in [-0.1, -0.05) is 109 Å². The van der Waals surface area contributed by atoms with Crippen molar-refractivity contribution in [2.75, 3.05) is 0 Å². The molecule has 0 fully saturated rings. The molecule has 0 spiro atoms. The quantitative estimate of drug-likeness (QED) is 0.289. The number of rotatable bonds is 3. The lowest BCUT2D eigenvalue weighted by Gasteiger charge is -2.17. The molecule has 0 saturated carbocycles. The number of halogens is 1. The summed E-state index contributed by atoms with van der Waals surface area (Å²) in [6, 6.07) is 40.5. The van der Waals surface area contributed by atoms with Gasteiger partial charge < -0.3 is 0 Å². The normalized spacial score (nSPS) is 10.9. The van der Waals surface area contributed by atoms with Crippen LogP contribution in [0.15, 0.2) is 115 Å². The summed E-state index contributed by atoms with van der Waals surface area (Å²) in [5, 5.41) is 3.10. The van der Waals surface area contributed by atoms with Crippen molar-refractivity contribution in [1.82, 2.24) is 0 Å². The first kappa shape index (κ1) is 17.7. The maximum Gasteiger partial charge on any atom is 0.0412 e. The van der Waals surface area contributed by atoms with Crippen molar-refractivity contribution in [2.24, 2.45) is 0 Å². The summed E-state index contributed by atoms with van der Waals surface area (Å²) in [5.74, 6) is 0. The fourth-order valence-electron chi connectivity index (χ4n) is 3.95. The van der Waals surface area contributed by atoms with Crippen LogP contribution in [-0.4, -0.2) is 0 Å². The Kier molecular flexibility index (Phi) is 4.63. The lowest BCUT2D eigenvalue weighted by Crippen LogP contribution is -1.90. The van der Waals surface area contributed by atoms with Crippen molar-refractivity contribution in [2.45, 2.75) is 0 Å². The number of hydrogen-bond acceptors (Lipinski definition) is 0. The predicted octanol–water partition coefficient (Wildman–Crippen LogP) is 8.49. The molecule has 0 aliphatic heterocycles. The molecule has 29 heavy (non-hydrogen) atoms. The molecule has 0 heterocycles. The lowest BCUT2D eigenvalue weighted by atomic mass is 9.87. The Balaban J connectivity index is 1.81. The summed E-state index contributed by atoms with van der Waals surface area (Å²) >= 11 is 6.19. The van der Waals surface area contributed by atoms with Crippen LogP contribution in [-0.2, 0) is 0 Å². The van der Waals surface area contributed by atoms with E-state index in [4.69, 9.17) is 11.6 Å². The average Bonchev–Trinajstić information content (AvgIpc) is 2.79. The molecule has 1 heteroatoms. The molecular weight excluding hydrogens is 372 g/mol. The number of hydrogen-bond donors (Lipinski definition) is 0. The topological polar surface area (TPSA) is 0 Å². The van der Waals surface area contributed by atoms with Crippen LogP contribution < -0.4 is 0 Å². The Hall–Kier alpha value is -3.35. The Morgan fingerprint density at radius 2 is 0.966 bits per heavy atom. The molecule has 0 aliphatic carbocycles. The summed E-state index contributed by atoms with van der Waals surface area (Å²) in [5.41, 5.74) is 7.37. The summed E-state index contributed by atoms with van der Waals surface area (Å²) in [6.45, 7) is 0. The second-order valence-electron chi connectivity index (χ2n) is 7.17. The largest absolute Gasteiger partial charge is 0.0843 e. The van der Waals surface area contributed by atoms with Gasteiger partial charge in [0, 0.05) is 5.02 Å². The zero-order chi connectivity index (χ0) is 19.6. The van der Waals surface area contributed by atoms with Gasteiger partial charge in [-0.15, -0.1) is 0 Å². The molecule has 0 bridgehead atoms. The highest BCUT2D eigenvalue weighted by atomic mass is 35.5. The second kappa shape index (κ2) is 7.58. The molecule has 138 valence electrons. The van der Waals surface area contributed by atoms with E-state index in [0.29, 0.717) is 0 Å². The summed E-state index contributed by atoms with van der Waals surface area (Å²) in [4.78, 5) is 0. The van der Waals surface area contributed by atoms with Gasteiger partial charge in [-0.25, -0.2) is 0 Å². The highest BCUT2D eigenvalue weighted by Gasteiger charge is 2.14. The first-order valence-electron chi connectivity index (χ1n) is 9.73. The Morgan fingerprint density at radius 3 is 1.59 bits per heavy atom. The van der Waals surface area contributed by atoms with Crippen LogP contribution in [0.3, 0.4) is 0 Å². The molecular formula is C28H19Cl. The predicted molar refractivity (Wildman–Crippen MR) is 125 cm³/mol. The van der Waals surface area contributed by atoms with Gasteiger partial charge in [0.05, 0.1) is 0 Å². The van der Waals surface area contributed by atoms with Crippen LogP contribution >= 0.6 is 11.6 Å². The van der Waals surface area contributed by atoms with E-state index in [1.807, 2.05) is 12.1 Å². The smallest absolute Gasteiger partial charge is 0.0412 e. The van der Waals surface area contributed by atoms with Crippen molar-refractivity contribution < 1.29 is 0 Å². The Morgan fingerprint density at radius 1 is 0.414 bits per heavy atom. The van der Waals surface area contributed by atoms with Crippen LogP contribution in [0.5, 0.6) is 0 Å². The fraction of sp³-hybridized carbons (Fsp3) is 0. The van der Waals surface area contributed by atoms with E-state index in [1.165, 1.54) is 38.8 Å². The SMILES string of the molecule is Clc1ccc2cc(-c3c(-c4ccccc4)cccc3-c3ccccc3)ccc2c1. The van der Waals surface area contributed by atoms with Crippen LogP contribution in [0.4, 0.5) is 0 Å². The molecule has 5 aromatic carbocycles. The highest BCUT2D eigenvalue weighted by molar-refractivity contribution is 6.31. The fourth-order valence-corrected chi connectivity index (χ4v) is 4.13. The molecule has 0 aliphatic rings. The van der Waals surface area contributed by atoms with Gasteiger partial charge in [-0.2, -0.15) is 0 Å². The molecule has 5 aromatic rings. The molecule has 0 radical (unpaired) electrons. The van der Waals surface area contributed by atoms with E-state index < -0.39 is 0 Å². The van der Waals surface area contributed by atoms with Crippen molar-refractivity contribution in [3.05, 3.63) is 120 Å². The van der Waals surface area contributed by atoms with E-state index in [-0.39, 0.29) is 0 Å². The van der Waals surface area contributed by atoms with Crippen molar-refractivity contribution in [3.63, 3.8) is 0 Å². The first-order chi connectivity index (χ1) is 14.3. The minimum absolute atomic E-state index is 0.764. The molecule has 0 nitrogen and oxygen atoms in total. The molecule has 0 amide bonds. The molecule has 5 rings (SSSR count). The summed E-state index contributed by atoms with van der Waals surface area (Å²) in [6.07, 6.45) is 0. The van der Waals surface area contributed by atoms with E-state index in [9.17, 15) is 0 Å². The van der Waals surface area contributed by atoms with Crippen LogP contribution in [0.2, 0.25) is 5.02 Å². The van der Waals surface area contributed by atoms with Gasteiger partial charge in [0.25, 0.3) is 0 Å². The van der Waals surface area contributed by atoms with Gasteiger partial charge in [-0.05, 0) is 62.4 Å². The van der Waals surface area contributed by atoms with Crippen molar-refractivity contribution >= 4 is 22.4 Å². The van der Waals surface area contributed by atoms with Gasteiger partial charge in [-0.3, -0.25) is 0 Å². The summed E-state index contributed by atoms with van der Waals surface area (Å²) < 4.78 is 0. The average molecular weight is 391 g/mol. The minimum Gasteiger partial charge on any atom is -0.0843 e. The highest BCUT2D eigenvalue weighted by Crippen LogP contribution is 2.40. The van der Waals surface area contributed by atoms with E-state index >= 15 is 0 Å². The standard InChI is InChI=1S/C28H19Cl/c29-25-17-16-22-18-24(15-14-23(22)19-25)28-26(20-8-3-1-4-9-20)12-7-13-27(28)21-10-5-2-6-11-21/h1-19H. The molecule has 0 N–H and O–H groups in total. The molecule has 0 unspecified atom stereocenters. The maximum absolute atomic E-state index is 6.19. The Labute approximate surface area is 176 Å². The minimum atomic E-state index is 0.764.